The lowest BCUT2D eigenvalue weighted by atomic mass is 9.99. The minimum absolute atomic E-state index is 0.207. The van der Waals surface area contributed by atoms with Gasteiger partial charge in [0.05, 0.1) is 5.84 Å². The summed E-state index contributed by atoms with van der Waals surface area (Å²) in [7, 11) is 2.17. The van der Waals surface area contributed by atoms with E-state index in [9.17, 15) is 0 Å². The third-order valence-corrected chi connectivity index (χ3v) is 3.19. The van der Waals surface area contributed by atoms with Crippen LogP contribution < -0.4 is 0 Å². The number of likely N-dealkylation sites (N-methyl/N-ethyl adjacent to an activating group) is 1. The highest BCUT2D eigenvalue weighted by molar-refractivity contribution is 5.79. The minimum Gasteiger partial charge on any atom is -0.357 e. The standard InChI is InChI=1S/C11H23N3/c1-5-6-10(12)14-8-7-13(4)11(2,3)9-14/h12H,5-9H2,1-4H3. The van der Waals surface area contributed by atoms with Crippen molar-refractivity contribution in [2.24, 2.45) is 0 Å². The summed E-state index contributed by atoms with van der Waals surface area (Å²) in [4.78, 5) is 4.60. The Balaban J connectivity index is 2.55. The fraction of sp³-hybridized carbons (Fsp3) is 0.909. The Hall–Kier alpha value is -0.570. The Labute approximate surface area is 87.6 Å². The molecule has 0 saturated carbocycles. The van der Waals surface area contributed by atoms with Crippen LogP contribution in [0, 0.1) is 5.41 Å². The zero-order valence-corrected chi connectivity index (χ0v) is 9.93. The molecule has 1 N–H and O–H groups in total. The van der Waals surface area contributed by atoms with Crippen LogP contribution in [0.2, 0.25) is 0 Å². The molecule has 0 aromatic heterocycles. The van der Waals surface area contributed by atoms with Crippen molar-refractivity contribution >= 4 is 5.84 Å². The first-order valence-corrected chi connectivity index (χ1v) is 5.51. The zero-order chi connectivity index (χ0) is 10.8. The molecule has 0 aliphatic carbocycles. The summed E-state index contributed by atoms with van der Waals surface area (Å²) in [6.07, 6.45) is 1.99. The topological polar surface area (TPSA) is 30.3 Å². The van der Waals surface area contributed by atoms with Crippen LogP contribution in [0.4, 0.5) is 0 Å². The maximum atomic E-state index is 7.93. The second-order valence-electron chi connectivity index (χ2n) is 4.85. The van der Waals surface area contributed by atoms with E-state index in [1.165, 1.54) is 0 Å². The van der Waals surface area contributed by atoms with E-state index >= 15 is 0 Å². The molecule has 82 valence electrons. The maximum absolute atomic E-state index is 7.93. The largest absolute Gasteiger partial charge is 0.357 e. The van der Waals surface area contributed by atoms with Gasteiger partial charge in [-0.3, -0.25) is 10.3 Å². The van der Waals surface area contributed by atoms with Gasteiger partial charge >= 0.3 is 0 Å². The maximum Gasteiger partial charge on any atom is 0.0958 e. The Morgan fingerprint density at radius 2 is 2.00 bits per heavy atom. The molecule has 0 radical (unpaired) electrons. The Kier molecular flexibility index (Phi) is 3.53. The average Bonchev–Trinajstić information content (AvgIpc) is 2.10. The quantitative estimate of drug-likeness (QED) is 0.540. The van der Waals surface area contributed by atoms with Crippen molar-refractivity contribution < 1.29 is 0 Å². The fourth-order valence-electron chi connectivity index (χ4n) is 1.87. The first kappa shape index (κ1) is 11.5. The van der Waals surface area contributed by atoms with Crippen LogP contribution >= 0.6 is 0 Å². The minimum atomic E-state index is 0.207. The molecule has 0 bridgehead atoms. The van der Waals surface area contributed by atoms with E-state index < -0.39 is 0 Å². The number of hydrogen-bond acceptors (Lipinski definition) is 2. The first-order valence-electron chi connectivity index (χ1n) is 5.51. The SMILES string of the molecule is CCCC(=N)N1CCN(C)C(C)(C)C1. The van der Waals surface area contributed by atoms with E-state index in [2.05, 4.69) is 37.6 Å². The number of nitrogens with zero attached hydrogens (tertiary/aromatic N) is 2. The third-order valence-electron chi connectivity index (χ3n) is 3.19. The molecule has 1 rings (SSSR count). The highest BCUT2D eigenvalue weighted by Gasteiger charge is 2.31. The molecule has 3 heteroatoms. The fourth-order valence-corrected chi connectivity index (χ4v) is 1.87. The van der Waals surface area contributed by atoms with Crippen molar-refractivity contribution in [3.63, 3.8) is 0 Å². The molecular formula is C11H23N3. The molecule has 1 aliphatic heterocycles. The summed E-state index contributed by atoms with van der Waals surface area (Å²) in [5.41, 5.74) is 0.207. The van der Waals surface area contributed by atoms with Gasteiger partial charge in [-0.1, -0.05) is 6.92 Å². The van der Waals surface area contributed by atoms with E-state index in [1.807, 2.05) is 0 Å². The Morgan fingerprint density at radius 1 is 1.36 bits per heavy atom. The Bertz CT molecular complexity index is 211. The van der Waals surface area contributed by atoms with E-state index in [-0.39, 0.29) is 5.54 Å². The third kappa shape index (κ3) is 2.47. The molecule has 14 heavy (non-hydrogen) atoms. The van der Waals surface area contributed by atoms with Gasteiger partial charge in [-0.05, 0) is 27.3 Å². The number of piperazine rings is 1. The lowest BCUT2D eigenvalue weighted by molar-refractivity contribution is 0.0730. The van der Waals surface area contributed by atoms with Crippen molar-refractivity contribution in [1.29, 1.82) is 5.41 Å². The number of hydrogen-bond donors (Lipinski definition) is 1. The average molecular weight is 197 g/mol. The molecular weight excluding hydrogens is 174 g/mol. The van der Waals surface area contributed by atoms with Crippen molar-refractivity contribution in [3.8, 4) is 0 Å². The molecule has 0 unspecified atom stereocenters. The molecule has 0 amide bonds. The molecule has 0 spiro atoms. The summed E-state index contributed by atoms with van der Waals surface area (Å²) in [5.74, 6) is 0.814. The van der Waals surface area contributed by atoms with Crippen molar-refractivity contribution in [2.45, 2.75) is 39.2 Å². The number of nitrogens with one attached hydrogen (secondary N) is 1. The van der Waals surface area contributed by atoms with Gasteiger partial charge in [0, 0.05) is 31.6 Å². The van der Waals surface area contributed by atoms with Gasteiger partial charge in [0.1, 0.15) is 0 Å². The van der Waals surface area contributed by atoms with Crippen LogP contribution in [-0.2, 0) is 0 Å². The van der Waals surface area contributed by atoms with Crippen molar-refractivity contribution in [3.05, 3.63) is 0 Å². The van der Waals surface area contributed by atoms with Crippen LogP contribution in [0.5, 0.6) is 0 Å². The van der Waals surface area contributed by atoms with E-state index in [0.717, 1.165) is 38.3 Å². The summed E-state index contributed by atoms with van der Waals surface area (Å²) in [6, 6.07) is 0. The van der Waals surface area contributed by atoms with Gasteiger partial charge in [0.2, 0.25) is 0 Å². The van der Waals surface area contributed by atoms with Crippen LogP contribution in [0.3, 0.4) is 0 Å². The molecule has 0 atom stereocenters. The second-order valence-corrected chi connectivity index (χ2v) is 4.85. The molecule has 1 saturated heterocycles. The van der Waals surface area contributed by atoms with Gasteiger partial charge in [-0.2, -0.15) is 0 Å². The highest BCUT2D eigenvalue weighted by atomic mass is 15.3. The summed E-state index contributed by atoms with van der Waals surface area (Å²) in [6.45, 7) is 9.70. The summed E-state index contributed by atoms with van der Waals surface area (Å²) in [5, 5.41) is 7.93. The van der Waals surface area contributed by atoms with Crippen LogP contribution in [-0.4, -0.2) is 47.9 Å². The van der Waals surface area contributed by atoms with E-state index in [4.69, 9.17) is 5.41 Å². The number of amidine groups is 1. The van der Waals surface area contributed by atoms with Gasteiger partial charge in [-0.15, -0.1) is 0 Å². The van der Waals surface area contributed by atoms with Gasteiger partial charge in [0.25, 0.3) is 0 Å². The summed E-state index contributed by atoms with van der Waals surface area (Å²) >= 11 is 0. The molecule has 1 heterocycles. The monoisotopic (exact) mass is 197 g/mol. The van der Waals surface area contributed by atoms with Gasteiger partial charge in [0.15, 0.2) is 0 Å². The molecule has 0 aromatic rings. The van der Waals surface area contributed by atoms with E-state index in [1.54, 1.807) is 0 Å². The predicted molar refractivity (Wildman–Crippen MR) is 60.9 cm³/mol. The van der Waals surface area contributed by atoms with E-state index in [0.29, 0.717) is 0 Å². The summed E-state index contributed by atoms with van der Waals surface area (Å²) < 4.78 is 0. The second kappa shape index (κ2) is 4.30. The zero-order valence-electron chi connectivity index (χ0n) is 9.93. The highest BCUT2D eigenvalue weighted by Crippen LogP contribution is 2.19. The molecule has 0 aromatic carbocycles. The van der Waals surface area contributed by atoms with Crippen molar-refractivity contribution in [2.75, 3.05) is 26.7 Å². The van der Waals surface area contributed by atoms with Gasteiger partial charge < -0.3 is 4.90 Å². The first-order chi connectivity index (χ1) is 6.47. The van der Waals surface area contributed by atoms with Gasteiger partial charge in [-0.25, -0.2) is 0 Å². The normalized spacial score (nSPS) is 22.4. The molecule has 1 fully saturated rings. The Morgan fingerprint density at radius 3 is 2.50 bits per heavy atom. The lowest BCUT2D eigenvalue weighted by Crippen LogP contribution is -2.58. The van der Waals surface area contributed by atoms with Crippen molar-refractivity contribution in [1.82, 2.24) is 9.80 Å². The van der Waals surface area contributed by atoms with Crippen LogP contribution in [0.15, 0.2) is 0 Å². The number of rotatable bonds is 2. The smallest absolute Gasteiger partial charge is 0.0958 e. The van der Waals surface area contributed by atoms with Crippen LogP contribution in [0.25, 0.3) is 0 Å². The lowest BCUT2D eigenvalue weighted by Gasteiger charge is -2.46. The molecule has 1 aliphatic rings. The van der Waals surface area contributed by atoms with Crippen LogP contribution in [0.1, 0.15) is 33.6 Å². The molecule has 3 nitrogen and oxygen atoms in total. The predicted octanol–water partition coefficient (Wildman–Crippen LogP) is 1.79.